The Labute approximate surface area is 207 Å². The van der Waals surface area contributed by atoms with Gasteiger partial charge in [-0.15, -0.1) is 11.3 Å². The van der Waals surface area contributed by atoms with Crippen molar-refractivity contribution in [3.05, 3.63) is 47.6 Å². The summed E-state index contributed by atoms with van der Waals surface area (Å²) in [6.45, 7) is 3.36. The lowest BCUT2D eigenvalue weighted by Crippen LogP contribution is -2.34. The van der Waals surface area contributed by atoms with E-state index in [0.717, 1.165) is 6.42 Å². The van der Waals surface area contributed by atoms with E-state index in [-0.39, 0.29) is 27.0 Å². The van der Waals surface area contributed by atoms with Crippen LogP contribution >= 0.6 is 11.3 Å². The van der Waals surface area contributed by atoms with Crippen LogP contribution in [0.3, 0.4) is 0 Å². The van der Waals surface area contributed by atoms with Gasteiger partial charge in [0.25, 0.3) is 5.91 Å². The summed E-state index contributed by atoms with van der Waals surface area (Å²) < 4.78 is 36.5. The maximum atomic E-state index is 13.2. The molecule has 12 heteroatoms. The van der Waals surface area contributed by atoms with Gasteiger partial charge in [0.1, 0.15) is 5.69 Å². The second kappa shape index (κ2) is 9.96. The highest BCUT2D eigenvalue weighted by Crippen LogP contribution is 2.35. The third kappa shape index (κ3) is 5.19. The Hall–Kier alpha value is -2.96. The molecule has 5 rings (SSSR count). The molecule has 0 radical (unpaired) electrons. The molecule has 1 amide bonds. The van der Waals surface area contributed by atoms with E-state index in [9.17, 15) is 13.2 Å². The molecule has 0 unspecified atom stereocenters. The smallest absolute Gasteiger partial charge is 0.280 e. The lowest BCUT2D eigenvalue weighted by Gasteiger charge is -2.23. The van der Waals surface area contributed by atoms with Crippen LogP contribution in [0.2, 0.25) is 0 Å². The third-order valence-electron chi connectivity index (χ3n) is 5.94. The van der Waals surface area contributed by atoms with Gasteiger partial charge >= 0.3 is 0 Å². The van der Waals surface area contributed by atoms with Crippen molar-refractivity contribution in [2.75, 3.05) is 19.8 Å². The first-order valence-electron chi connectivity index (χ1n) is 11.4. The van der Waals surface area contributed by atoms with Crippen LogP contribution in [0.25, 0.3) is 10.6 Å². The van der Waals surface area contributed by atoms with Crippen molar-refractivity contribution >= 4 is 27.1 Å². The largest absolute Gasteiger partial charge is 0.477 e. The van der Waals surface area contributed by atoms with Gasteiger partial charge in [0.2, 0.25) is 5.88 Å². The Kier molecular flexibility index (Phi) is 6.76. The zero-order valence-corrected chi connectivity index (χ0v) is 20.7. The summed E-state index contributed by atoms with van der Waals surface area (Å²) in [5.41, 5.74) is 1.07. The first-order chi connectivity index (χ1) is 17.0. The van der Waals surface area contributed by atoms with Crippen molar-refractivity contribution < 1.29 is 22.7 Å². The Morgan fingerprint density at radius 3 is 2.86 bits per heavy atom. The summed E-state index contributed by atoms with van der Waals surface area (Å²) in [6.07, 6.45) is 8.28. The average Bonchev–Trinajstić information content (AvgIpc) is 3.38. The van der Waals surface area contributed by atoms with Crippen LogP contribution in [0.5, 0.6) is 5.88 Å². The Bertz CT molecular complexity index is 1320. The van der Waals surface area contributed by atoms with Gasteiger partial charge in [0.15, 0.2) is 14.8 Å². The van der Waals surface area contributed by atoms with E-state index in [1.54, 1.807) is 18.5 Å². The molecule has 0 bridgehead atoms. The monoisotopic (exact) mass is 515 g/mol. The van der Waals surface area contributed by atoms with Gasteiger partial charge in [0, 0.05) is 24.9 Å². The molecule has 1 aliphatic carbocycles. The molecular weight excluding hydrogens is 490 g/mol. The van der Waals surface area contributed by atoms with Crippen molar-refractivity contribution in [3.63, 3.8) is 0 Å². The molecule has 0 spiro atoms. The lowest BCUT2D eigenvalue weighted by molar-refractivity contribution is 0.0914. The van der Waals surface area contributed by atoms with Gasteiger partial charge in [-0.05, 0) is 38.3 Å². The van der Waals surface area contributed by atoms with Crippen molar-refractivity contribution in [3.8, 4) is 16.5 Å². The van der Waals surface area contributed by atoms with E-state index in [2.05, 4.69) is 25.3 Å². The second-order valence-electron chi connectivity index (χ2n) is 8.44. The van der Waals surface area contributed by atoms with Gasteiger partial charge in [-0.25, -0.2) is 18.4 Å². The fourth-order valence-electron chi connectivity index (χ4n) is 3.98. The Balaban J connectivity index is 1.39. The molecule has 2 fully saturated rings. The minimum atomic E-state index is -3.38. The number of thiazole rings is 1. The second-order valence-corrected chi connectivity index (χ2v) is 11.7. The van der Waals surface area contributed by atoms with Gasteiger partial charge in [0.05, 0.1) is 52.4 Å². The van der Waals surface area contributed by atoms with Gasteiger partial charge in [-0.3, -0.25) is 14.8 Å². The fraction of sp³-hybridized carbons (Fsp3) is 0.435. The topological polar surface area (TPSA) is 133 Å². The highest BCUT2D eigenvalue weighted by Gasteiger charge is 2.38. The lowest BCUT2D eigenvalue weighted by atomic mass is 9.95. The molecule has 2 atom stereocenters. The summed E-state index contributed by atoms with van der Waals surface area (Å²) in [7, 11) is -3.38. The molecular formula is C23H25N5O5S2. The molecule has 35 heavy (non-hydrogen) atoms. The summed E-state index contributed by atoms with van der Waals surface area (Å²) in [5, 5.41) is 2.96. The van der Waals surface area contributed by atoms with E-state index in [1.165, 1.54) is 29.8 Å². The molecule has 1 saturated carbocycles. The molecule has 2 aliphatic rings. The maximum Gasteiger partial charge on any atom is 0.280 e. The molecule has 1 saturated heterocycles. The number of ether oxygens (including phenoxy) is 2. The molecule has 1 aliphatic heterocycles. The van der Waals surface area contributed by atoms with E-state index >= 15 is 0 Å². The molecule has 184 valence electrons. The quantitative estimate of drug-likeness (QED) is 0.456. The van der Waals surface area contributed by atoms with Crippen molar-refractivity contribution in [1.29, 1.82) is 0 Å². The number of carbonyl (C=O) groups is 1. The first-order valence-corrected chi connectivity index (χ1v) is 13.8. The van der Waals surface area contributed by atoms with E-state index in [0.29, 0.717) is 54.8 Å². The number of carbonyl (C=O) groups excluding carboxylic acids is 1. The Morgan fingerprint density at radius 1 is 1.26 bits per heavy atom. The van der Waals surface area contributed by atoms with Crippen LogP contribution in [-0.2, 0) is 14.6 Å². The number of hydrogen-bond acceptors (Lipinski definition) is 10. The SMILES string of the molecule is CCOc1cncc(-c2cnc(C(=O)N[C@H](c3cc(S(=O)(=O)C4CC4)ccn3)[C@@H]3CCOC3)s2)n1. The summed E-state index contributed by atoms with van der Waals surface area (Å²) in [6, 6.07) is 2.60. The molecule has 3 aromatic rings. The minimum absolute atomic E-state index is 0.0292. The molecule has 10 nitrogen and oxygen atoms in total. The number of aromatic nitrogens is 4. The number of pyridine rings is 1. The summed E-state index contributed by atoms with van der Waals surface area (Å²) >= 11 is 1.19. The number of amides is 1. The predicted octanol–water partition coefficient (Wildman–Crippen LogP) is 2.84. The van der Waals surface area contributed by atoms with Crippen molar-refractivity contribution in [2.45, 2.75) is 42.4 Å². The van der Waals surface area contributed by atoms with Crippen LogP contribution in [0.4, 0.5) is 0 Å². The number of hydrogen-bond donors (Lipinski definition) is 1. The van der Waals surface area contributed by atoms with Gasteiger partial charge in [-0.2, -0.15) is 0 Å². The highest BCUT2D eigenvalue weighted by molar-refractivity contribution is 7.92. The predicted molar refractivity (Wildman–Crippen MR) is 128 cm³/mol. The number of nitrogens with one attached hydrogen (secondary N) is 1. The number of sulfone groups is 1. The summed E-state index contributed by atoms with van der Waals surface area (Å²) in [5.74, 6) is 0.000586. The highest BCUT2D eigenvalue weighted by atomic mass is 32.2. The minimum Gasteiger partial charge on any atom is -0.477 e. The van der Waals surface area contributed by atoms with E-state index in [1.807, 2.05) is 6.92 Å². The van der Waals surface area contributed by atoms with Crippen LogP contribution in [0.15, 0.2) is 41.8 Å². The molecule has 3 aromatic heterocycles. The van der Waals surface area contributed by atoms with Crippen molar-refractivity contribution in [2.24, 2.45) is 5.92 Å². The van der Waals surface area contributed by atoms with Gasteiger partial charge in [-0.1, -0.05) is 0 Å². The number of rotatable bonds is 9. The van der Waals surface area contributed by atoms with Gasteiger partial charge < -0.3 is 14.8 Å². The summed E-state index contributed by atoms with van der Waals surface area (Å²) in [4.78, 5) is 31.4. The van der Waals surface area contributed by atoms with Crippen LogP contribution in [0.1, 0.15) is 47.7 Å². The van der Waals surface area contributed by atoms with Crippen LogP contribution < -0.4 is 10.1 Å². The van der Waals surface area contributed by atoms with E-state index < -0.39 is 15.9 Å². The molecule has 0 aromatic carbocycles. The zero-order valence-electron chi connectivity index (χ0n) is 19.1. The third-order valence-corrected chi connectivity index (χ3v) is 9.22. The molecule has 1 N–H and O–H groups in total. The average molecular weight is 516 g/mol. The Morgan fingerprint density at radius 2 is 2.11 bits per heavy atom. The van der Waals surface area contributed by atoms with Crippen LogP contribution in [0, 0.1) is 5.92 Å². The molecule has 4 heterocycles. The van der Waals surface area contributed by atoms with Crippen molar-refractivity contribution in [1.82, 2.24) is 25.3 Å². The normalized spacial score (nSPS) is 18.8. The first kappa shape index (κ1) is 23.8. The zero-order chi connectivity index (χ0) is 24.4. The standard InChI is InChI=1S/C23H25N5O5S2/c1-2-33-20-12-24-10-18(27-20)19-11-26-23(34-19)22(29)28-21(14-6-8-32-13-14)17-9-16(5-7-25-17)35(30,31)15-3-4-15/h5,7,9-12,14-15,21H,2-4,6,8,13H2,1H3,(H,28,29)/t14-,21+/m1/s1. The van der Waals surface area contributed by atoms with Crippen LogP contribution in [-0.4, -0.2) is 59.3 Å². The maximum absolute atomic E-state index is 13.2. The fourth-order valence-corrected chi connectivity index (χ4v) is 6.43. The number of nitrogens with zero attached hydrogens (tertiary/aromatic N) is 4. The van der Waals surface area contributed by atoms with E-state index in [4.69, 9.17) is 9.47 Å².